The van der Waals surface area contributed by atoms with Crippen LogP contribution in [0.25, 0.3) is 17.0 Å². The van der Waals surface area contributed by atoms with Crippen LogP contribution in [0.4, 0.5) is 0 Å². The maximum atomic E-state index is 5.89. The molecule has 1 aromatic carbocycles. The minimum absolute atomic E-state index is 0.440. The molecule has 0 spiro atoms. The summed E-state index contributed by atoms with van der Waals surface area (Å²) in [6.45, 7) is 0.440. The Morgan fingerprint density at radius 3 is 2.56 bits per heavy atom. The predicted octanol–water partition coefficient (Wildman–Crippen LogP) is 2.51. The average Bonchev–Trinajstić information content (AvgIpc) is 2.83. The Hall–Kier alpha value is -1.91. The summed E-state index contributed by atoms with van der Waals surface area (Å²) in [5.74, 6) is 0.780. The molecule has 5 heteroatoms. The summed E-state index contributed by atoms with van der Waals surface area (Å²) in [7, 11) is 0. The molecule has 2 aromatic heterocycles. The number of rotatable bonds is 2. The summed E-state index contributed by atoms with van der Waals surface area (Å²) >= 11 is 5.89. The Morgan fingerprint density at radius 2 is 1.83 bits per heavy atom. The second kappa shape index (κ2) is 4.40. The molecule has 0 bridgehead atoms. The lowest BCUT2D eigenvalue weighted by atomic mass is 10.2. The van der Waals surface area contributed by atoms with Crippen LogP contribution >= 0.6 is 11.6 Å². The molecule has 18 heavy (non-hydrogen) atoms. The summed E-state index contributed by atoms with van der Waals surface area (Å²) in [6, 6.07) is 13.3. The largest absolute Gasteiger partial charge is 0.325 e. The van der Waals surface area contributed by atoms with Gasteiger partial charge in [-0.2, -0.15) is 0 Å². The summed E-state index contributed by atoms with van der Waals surface area (Å²) in [5.41, 5.74) is 8.48. The highest BCUT2D eigenvalue weighted by molar-refractivity contribution is 6.30. The van der Waals surface area contributed by atoms with Crippen molar-refractivity contribution in [2.75, 3.05) is 0 Å². The molecule has 0 amide bonds. The van der Waals surface area contributed by atoms with Gasteiger partial charge in [-0.25, -0.2) is 0 Å². The highest BCUT2D eigenvalue weighted by Crippen LogP contribution is 2.21. The van der Waals surface area contributed by atoms with Gasteiger partial charge in [0.05, 0.1) is 0 Å². The second-order valence-corrected chi connectivity index (χ2v) is 4.38. The van der Waals surface area contributed by atoms with E-state index in [1.54, 1.807) is 0 Å². The van der Waals surface area contributed by atoms with Gasteiger partial charge in [0.1, 0.15) is 0 Å². The van der Waals surface area contributed by atoms with Gasteiger partial charge in [0.2, 0.25) is 0 Å². The molecule has 0 fully saturated rings. The Bertz CT molecular complexity index is 688. The molecule has 0 saturated heterocycles. The van der Waals surface area contributed by atoms with Crippen LogP contribution in [0, 0.1) is 0 Å². The van der Waals surface area contributed by atoms with E-state index in [1.807, 2.05) is 46.9 Å². The molecular formula is C13H11ClN4. The third kappa shape index (κ3) is 1.75. The SMILES string of the molecule is NCc1cccc2nnc(-c3ccc(Cl)cc3)n12. The van der Waals surface area contributed by atoms with E-state index in [2.05, 4.69) is 10.2 Å². The Labute approximate surface area is 109 Å². The minimum Gasteiger partial charge on any atom is -0.325 e. The molecule has 0 saturated carbocycles. The van der Waals surface area contributed by atoms with E-state index < -0.39 is 0 Å². The zero-order valence-corrected chi connectivity index (χ0v) is 10.3. The Kier molecular flexibility index (Phi) is 2.74. The van der Waals surface area contributed by atoms with Crippen LogP contribution < -0.4 is 5.73 Å². The van der Waals surface area contributed by atoms with Gasteiger partial charge in [0.15, 0.2) is 11.5 Å². The zero-order valence-electron chi connectivity index (χ0n) is 9.55. The van der Waals surface area contributed by atoms with Crippen LogP contribution in [0.5, 0.6) is 0 Å². The first-order valence-corrected chi connectivity index (χ1v) is 5.96. The van der Waals surface area contributed by atoms with Crippen LogP contribution in [-0.2, 0) is 6.54 Å². The van der Waals surface area contributed by atoms with Crippen LogP contribution in [-0.4, -0.2) is 14.6 Å². The van der Waals surface area contributed by atoms with Crippen molar-refractivity contribution in [3.05, 3.63) is 53.2 Å². The average molecular weight is 259 g/mol. The van der Waals surface area contributed by atoms with Gasteiger partial charge in [-0.15, -0.1) is 10.2 Å². The maximum Gasteiger partial charge on any atom is 0.168 e. The van der Waals surface area contributed by atoms with E-state index in [1.165, 1.54) is 0 Å². The molecule has 3 aromatic rings. The van der Waals surface area contributed by atoms with E-state index in [4.69, 9.17) is 17.3 Å². The van der Waals surface area contributed by atoms with Crippen LogP contribution in [0.15, 0.2) is 42.5 Å². The number of pyridine rings is 1. The molecule has 0 aliphatic rings. The Balaban J connectivity index is 2.26. The van der Waals surface area contributed by atoms with Crippen molar-refractivity contribution in [3.8, 4) is 11.4 Å². The molecule has 0 atom stereocenters. The molecule has 0 radical (unpaired) electrons. The fourth-order valence-corrected chi connectivity index (χ4v) is 2.08. The van der Waals surface area contributed by atoms with Gasteiger partial charge in [-0.05, 0) is 36.4 Å². The molecule has 90 valence electrons. The van der Waals surface area contributed by atoms with E-state index in [9.17, 15) is 0 Å². The summed E-state index contributed by atoms with van der Waals surface area (Å²) < 4.78 is 1.96. The van der Waals surface area contributed by atoms with E-state index in [0.717, 1.165) is 22.7 Å². The van der Waals surface area contributed by atoms with E-state index in [-0.39, 0.29) is 0 Å². The lowest BCUT2D eigenvalue weighted by molar-refractivity contribution is 0.946. The number of fused-ring (bicyclic) bond motifs is 1. The molecule has 0 aliphatic heterocycles. The second-order valence-electron chi connectivity index (χ2n) is 3.95. The quantitative estimate of drug-likeness (QED) is 0.768. The molecule has 0 aliphatic carbocycles. The standard InChI is InChI=1S/C13H11ClN4/c14-10-6-4-9(5-7-10)13-17-16-12-3-1-2-11(8-15)18(12)13/h1-7H,8,15H2. The van der Waals surface area contributed by atoms with Gasteiger partial charge in [0.25, 0.3) is 0 Å². The topological polar surface area (TPSA) is 56.2 Å². The van der Waals surface area contributed by atoms with Crippen molar-refractivity contribution in [3.63, 3.8) is 0 Å². The fourth-order valence-electron chi connectivity index (χ4n) is 1.95. The smallest absolute Gasteiger partial charge is 0.168 e. The normalized spacial score (nSPS) is 11.0. The van der Waals surface area contributed by atoms with Crippen LogP contribution in [0.2, 0.25) is 5.02 Å². The molecule has 0 unspecified atom stereocenters. The van der Waals surface area contributed by atoms with Crippen LogP contribution in [0.3, 0.4) is 0 Å². The minimum atomic E-state index is 0.440. The van der Waals surface area contributed by atoms with Crippen molar-refractivity contribution < 1.29 is 0 Å². The highest BCUT2D eigenvalue weighted by atomic mass is 35.5. The monoisotopic (exact) mass is 258 g/mol. The summed E-state index contributed by atoms with van der Waals surface area (Å²) in [6.07, 6.45) is 0. The van der Waals surface area contributed by atoms with Gasteiger partial charge < -0.3 is 5.73 Å². The first-order valence-electron chi connectivity index (χ1n) is 5.58. The summed E-state index contributed by atoms with van der Waals surface area (Å²) in [4.78, 5) is 0. The van der Waals surface area contributed by atoms with Gasteiger partial charge in [-0.3, -0.25) is 4.40 Å². The number of aromatic nitrogens is 3. The Morgan fingerprint density at radius 1 is 1.06 bits per heavy atom. The molecular weight excluding hydrogens is 248 g/mol. The lowest BCUT2D eigenvalue weighted by Crippen LogP contribution is -2.04. The molecule has 2 heterocycles. The molecule has 4 nitrogen and oxygen atoms in total. The van der Waals surface area contributed by atoms with E-state index >= 15 is 0 Å². The fraction of sp³-hybridized carbons (Fsp3) is 0.0769. The predicted molar refractivity (Wildman–Crippen MR) is 71.3 cm³/mol. The number of benzene rings is 1. The van der Waals surface area contributed by atoms with E-state index in [0.29, 0.717) is 11.6 Å². The van der Waals surface area contributed by atoms with Gasteiger partial charge >= 0.3 is 0 Å². The number of halogens is 1. The number of hydrogen-bond acceptors (Lipinski definition) is 3. The van der Waals surface area contributed by atoms with Gasteiger partial charge in [-0.1, -0.05) is 17.7 Å². The van der Waals surface area contributed by atoms with Gasteiger partial charge in [0, 0.05) is 22.8 Å². The van der Waals surface area contributed by atoms with Crippen molar-refractivity contribution in [1.82, 2.24) is 14.6 Å². The number of nitrogens with two attached hydrogens (primary N) is 1. The molecule has 3 rings (SSSR count). The first-order chi connectivity index (χ1) is 8.79. The number of hydrogen-bond donors (Lipinski definition) is 1. The third-order valence-electron chi connectivity index (χ3n) is 2.82. The zero-order chi connectivity index (χ0) is 12.5. The summed E-state index contributed by atoms with van der Waals surface area (Å²) in [5, 5.41) is 9.07. The van der Waals surface area contributed by atoms with Crippen molar-refractivity contribution in [2.24, 2.45) is 5.73 Å². The highest BCUT2D eigenvalue weighted by Gasteiger charge is 2.10. The van der Waals surface area contributed by atoms with Crippen LogP contribution in [0.1, 0.15) is 5.69 Å². The lowest BCUT2D eigenvalue weighted by Gasteiger charge is -2.05. The van der Waals surface area contributed by atoms with Crippen molar-refractivity contribution >= 4 is 17.2 Å². The van der Waals surface area contributed by atoms with Crippen molar-refractivity contribution in [1.29, 1.82) is 0 Å². The molecule has 2 N–H and O–H groups in total. The first kappa shape index (κ1) is 11.2. The van der Waals surface area contributed by atoms with Crippen molar-refractivity contribution in [2.45, 2.75) is 6.54 Å². The third-order valence-corrected chi connectivity index (χ3v) is 3.07. The maximum absolute atomic E-state index is 5.89. The number of nitrogens with zero attached hydrogens (tertiary/aromatic N) is 3.